The Morgan fingerprint density at radius 3 is 2.78 bits per heavy atom. The monoisotopic (exact) mass is 268 g/mol. The molecule has 1 aromatic carbocycles. The minimum atomic E-state index is -0.293. The average Bonchev–Trinajstić information content (AvgIpc) is 2.84. The standard InChI is InChI=1S/C12H13FN2O2S/c1-2-7-18-12-15-14-11(17-12)8-16-10-5-3-9(13)4-6-10/h3-6H,2,7-8H2,1H3. The molecule has 0 saturated carbocycles. The van der Waals surface area contributed by atoms with E-state index in [1.54, 1.807) is 12.1 Å². The number of hydrogen-bond acceptors (Lipinski definition) is 5. The van der Waals surface area contributed by atoms with Gasteiger partial charge in [0.25, 0.3) is 11.1 Å². The fourth-order valence-electron chi connectivity index (χ4n) is 1.22. The van der Waals surface area contributed by atoms with Gasteiger partial charge in [-0.1, -0.05) is 18.7 Å². The first-order valence-corrected chi connectivity index (χ1v) is 6.60. The van der Waals surface area contributed by atoms with Crippen LogP contribution in [0.3, 0.4) is 0 Å². The zero-order valence-electron chi connectivity index (χ0n) is 9.93. The molecule has 0 aliphatic carbocycles. The van der Waals surface area contributed by atoms with E-state index in [9.17, 15) is 4.39 Å². The summed E-state index contributed by atoms with van der Waals surface area (Å²) < 4.78 is 23.4. The second-order valence-corrected chi connectivity index (χ2v) is 4.60. The summed E-state index contributed by atoms with van der Waals surface area (Å²) in [6, 6.07) is 5.79. The second-order valence-electron chi connectivity index (χ2n) is 3.55. The molecule has 0 aliphatic rings. The Morgan fingerprint density at radius 2 is 2.06 bits per heavy atom. The van der Waals surface area contributed by atoms with Crippen molar-refractivity contribution in [3.63, 3.8) is 0 Å². The van der Waals surface area contributed by atoms with Crippen molar-refractivity contribution in [3.8, 4) is 5.75 Å². The Balaban J connectivity index is 1.86. The maximum atomic E-state index is 12.7. The van der Waals surface area contributed by atoms with Gasteiger partial charge in [0, 0.05) is 5.75 Å². The molecule has 96 valence electrons. The van der Waals surface area contributed by atoms with E-state index in [0.29, 0.717) is 16.9 Å². The number of rotatable bonds is 6. The van der Waals surface area contributed by atoms with Crippen molar-refractivity contribution in [2.75, 3.05) is 5.75 Å². The maximum Gasteiger partial charge on any atom is 0.276 e. The molecule has 0 radical (unpaired) electrons. The molecule has 2 rings (SSSR count). The second kappa shape index (κ2) is 6.39. The zero-order chi connectivity index (χ0) is 12.8. The lowest BCUT2D eigenvalue weighted by atomic mass is 10.3. The van der Waals surface area contributed by atoms with Crippen LogP contribution in [-0.2, 0) is 6.61 Å². The van der Waals surface area contributed by atoms with Gasteiger partial charge in [-0.3, -0.25) is 0 Å². The third-order valence-corrected chi connectivity index (χ3v) is 3.08. The van der Waals surface area contributed by atoms with Crippen molar-refractivity contribution in [3.05, 3.63) is 36.0 Å². The molecule has 0 fully saturated rings. The number of nitrogens with zero attached hydrogens (tertiary/aromatic N) is 2. The molecule has 0 saturated heterocycles. The number of aromatic nitrogens is 2. The largest absolute Gasteiger partial charge is 0.484 e. The van der Waals surface area contributed by atoms with Gasteiger partial charge in [0.1, 0.15) is 11.6 Å². The highest BCUT2D eigenvalue weighted by Gasteiger charge is 2.06. The van der Waals surface area contributed by atoms with Gasteiger partial charge < -0.3 is 9.15 Å². The SMILES string of the molecule is CCCSc1nnc(COc2ccc(F)cc2)o1. The van der Waals surface area contributed by atoms with Crippen molar-refractivity contribution in [2.24, 2.45) is 0 Å². The van der Waals surface area contributed by atoms with Crippen LogP contribution in [0.15, 0.2) is 33.9 Å². The number of hydrogen-bond donors (Lipinski definition) is 0. The molecular weight excluding hydrogens is 255 g/mol. The number of thioether (sulfide) groups is 1. The third kappa shape index (κ3) is 3.73. The quantitative estimate of drug-likeness (QED) is 0.752. The molecule has 2 aromatic rings. The number of ether oxygens (including phenoxy) is 1. The van der Waals surface area contributed by atoms with E-state index < -0.39 is 0 Å². The minimum absolute atomic E-state index is 0.186. The van der Waals surface area contributed by atoms with Crippen LogP contribution in [0.4, 0.5) is 4.39 Å². The molecule has 1 aromatic heterocycles. The van der Waals surface area contributed by atoms with Crippen LogP contribution in [0.25, 0.3) is 0 Å². The van der Waals surface area contributed by atoms with Crippen LogP contribution < -0.4 is 4.74 Å². The molecule has 6 heteroatoms. The average molecular weight is 268 g/mol. The van der Waals surface area contributed by atoms with E-state index in [-0.39, 0.29) is 12.4 Å². The fraction of sp³-hybridized carbons (Fsp3) is 0.333. The molecule has 0 spiro atoms. The lowest BCUT2D eigenvalue weighted by Crippen LogP contribution is -1.95. The van der Waals surface area contributed by atoms with E-state index in [0.717, 1.165) is 12.2 Å². The minimum Gasteiger partial charge on any atom is -0.484 e. The molecule has 0 aliphatic heterocycles. The molecule has 18 heavy (non-hydrogen) atoms. The van der Waals surface area contributed by atoms with Crippen LogP contribution in [0.2, 0.25) is 0 Å². The third-order valence-electron chi connectivity index (χ3n) is 2.05. The summed E-state index contributed by atoms with van der Waals surface area (Å²) in [4.78, 5) is 0. The van der Waals surface area contributed by atoms with Crippen LogP contribution in [-0.4, -0.2) is 16.0 Å². The van der Waals surface area contributed by atoms with Crippen molar-refractivity contribution < 1.29 is 13.5 Å². The van der Waals surface area contributed by atoms with Gasteiger partial charge in [-0.25, -0.2) is 4.39 Å². The van der Waals surface area contributed by atoms with Gasteiger partial charge in [-0.2, -0.15) is 0 Å². The summed E-state index contributed by atoms with van der Waals surface area (Å²) in [5, 5.41) is 8.30. The lowest BCUT2D eigenvalue weighted by Gasteiger charge is -2.01. The Hall–Kier alpha value is -1.56. The highest BCUT2D eigenvalue weighted by Crippen LogP contribution is 2.18. The Labute approximate surface area is 109 Å². The summed E-state index contributed by atoms with van der Waals surface area (Å²) in [7, 11) is 0. The predicted molar refractivity (Wildman–Crippen MR) is 66.0 cm³/mol. The topological polar surface area (TPSA) is 48.2 Å². The fourth-order valence-corrected chi connectivity index (χ4v) is 1.85. The van der Waals surface area contributed by atoms with Crippen LogP contribution in [0, 0.1) is 5.82 Å². The van der Waals surface area contributed by atoms with Crippen LogP contribution in [0.5, 0.6) is 5.75 Å². The first kappa shape index (κ1) is 12.9. The molecule has 0 amide bonds. The molecular formula is C12H13FN2O2S. The van der Waals surface area contributed by atoms with E-state index in [2.05, 4.69) is 17.1 Å². The summed E-state index contributed by atoms with van der Waals surface area (Å²) in [5.74, 6) is 1.63. The molecule has 1 heterocycles. The van der Waals surface area contributed by atoms with Crippen LogP contribution >= 0.6 is 11.8 Å². The summed E-state index contributed by atoms with van der Waals surface area (Å²) in [6.07, 6.45) is 1.05. The number of halogens is 1. The van der Waals surface area contributed by atoms with E-state index in [1.165, 1.54) is 23.9 Å². The summed E-state index contributed by atoms with van der Waals surface area (Å²) in [5.41, 5.74) is 0. The van der Waals surface area contributed by atoms with Crippen molar-refractivity contribution in [1.82, 2.24) is 10.2 Å². The van der Waals surface area contributed by atoms with Gasteiger partial charge in [-0.15, -0.1) is 10.2 Å². The first-order valence-electron chi connectivity index (χ1n) is 5.61. The summed E-state index contributed by atoms with van der Waals surface area (Å²) >= 11 is 1.52. The van der Waals surface area contributed by atoms with Gasteiger partial charge >= 0.3 is 0 Å². The van der Waals surface area contributed by atoms with E-state index >= 15 is 0 Å². The zero-order valence-corrected chi connectivity index (χ0v) is 10.7. The number of benzene rings is 1. The summed E-state index contributed by atoms with van der Waals surface area (Å²) in [6.45, 7) is 2.27. The van der Waals surface area contributed by atoms with Crippen molar-refractivity contribution in [2.45, 2.75) is 25.2 Å². The van der Waals surface area contributed by atoms with Gasteiger partial charge in [-0.05, 0) is 30.7 Å². The van der Waals surface area contributed by atoms with Gasteiger partial charge in [0.05, 0.1) is 0 Å². The molecule has 0 N–H and O–H groups in total. The Bertz CT molecular complexity index is 487. The van der Waals surface area contributed by atoms with Gasteiger partial charge in [0.15, 0.2) is 6.61 Å². The van der Waals surface area contributed by atoms with E-state index in [4.69, 9.17) is 9.15 Å². The van der Waals surface area contributed by atoms with Crippen molar-refractivity contribution in [1.29, 1.82) is 0 Å². The van der Waals surface area contributed by atoms with Crippen LogP contribution in [0.1, 0.15) is 19.2 Å². The van der Waals surface area contributed by atoms with E-state index in [1.807, 2.05) is 0 Å². The van der Waals surface area contributed by atoms with Gasteiger partial charge in [0.2, 0.25) is 0 Å². The highest BCUT2D eigenvalue weighted by molar-refractivity contribution is 7.99. The Morgan fingerprint density at radius 1 is 1.28 bits per heavy atom. The maximum absolute atomic E-state index is 12.7. The molecule has 0 bridgehead atoms. The Kier molecular flexibility index (Phi) is 4.58. The normalized spacial score (nSPS) is 10.6. The molecule has 0 unspecified atom stereocenters. The predicted octanol–water partition coefficient (Wildman–Crippen LogP) is 3.29. The lowest BCUT2D eigenvalue weighted by molar-refractivity contribution is 0.252. The molecule has 4 nitrogen and oxygen atoms in total. The smallest absolute Gasteiger partial charge is 0.276 e. The highest BCUT2D eigenvalue weighted by atomic mass is 32.2. The van der Waals surface area contributed by atoms with Crippen molar-refractivity contribution >= 4 is 11.8 Å². The first-order chi connectivity index (χ1) is 8.78. The molecule has 0 atom stereocenters.